The highest BCUT2D eigenvalue weighted by atomic mass is 19.4. The van der Waals surface area contributed by atoms with Gasteiger partial charge in [0.15, 0.2) is 5.76 Å². The molecule has 33 heavy (non-hydrogen) atoms. The fraction of sp³-hybridized carbons (Fsp3) is 0.333. The molecule has 3 rings (SSSR count). The number of amides is 1. The molecule has 2 aromatic rings. The number of carbonyl (C=O) groups excluding carboxylic acids is 1. The van der Waals surface area contributed by atoms with Crippen LogP contribution in [-0.2, 0) is 11.0 Å². The molecule has 176 valence electrons. The van der Waals surface area contributed by atoms with Gasteiger partial charge >= 0.3 is 6.18 Å². The van der Waals surface area contributed by atoms with Gasteiger partial charge in [0.05, 0.1) is 17.0 Å². The van der Waals surface area contributed by atoms with Crippen LogP contribution in [-0.4, -0.2) is 53.4 Å². The first-order chi connectivity index (χ1) is 15.4. The van der Waals surface area contributed by atoms with Crippen LogP contribution in [0.3, 0.4) is 0 Å². The van der Waals surface area contributed by atoms with Crippen LogP contribution in [0.15, 0.2) is 52.4 Å². The number of halogens is 3. The fourth-order valence-electron chi connectivity index (χ4n) is 3.80. The monoisotopic (exact) mass is 460 g/mol. The molecule has 0 unspecified atom stereocenters. The van der Waals surface area contributed by atoms with E-state index in [1.807, 2.05) is 19.0 Å². The minimum Gasteiger partial charge on any atom is -0.505 e. The van der Waals surface area contributed by atoms with Gasteiger partial charge in [0.25, 0.3) is 5.91 Å². The Kier molecular flexibility index (Phi) is 6.83. The van der Waals surface area contributed by atoms with Crippen LogP contribution in [0.2, 0.25) is 0 Å². The largest absolute Gasteiger partial charge is 0.505 e. The summed E-state index contributed by atoms with van der Waals surface area (Å²) in [6.07, 6.45) is -2.92. The maximum atomic E-state index is 13.6. The molecule has 0 saturated heterocycles. The Hall–Kier alpha value is -3.33. The number of nitrogens with zero attached hydrogens (tertiary/aromatic N) is 3. The molecule has 2 N–H and O–H groups in total. The van der Waals surface area contributed by atoms with Crippen LogP contribution in [0.1, 0.15) is 29.4 Å². The Morgan fingerprint density at radius 1 is 1.21 bits per heavy atom. The van der Waals surface area contributed by atoms with Crippen LogP contribution in [0.5, 0.6) is 0 Å². The standard InChI is InChI=1S/C24H27F3N4O2/c1-14-12-17(16(3)31(14)20-9-7-6-8-18(20)24(25,26)27)13-19-22(32)21(15(2)29-19)23(33)28-10-11-30(4)5/h6-9,12-13,32H,10-11H2,1-5H3,(H,28,33)/b19-13+. The number of rotatable bonds is 6. The van der Waals surface area contributed by atoms with Gasteiger partial charge in [-0.15, -0.1) is 0 Å². The number of aliphatic hydroxyl groups is 1. The van der Waals surface area contributed by atoms with Gasteiger partial charge in [-0.05, 0) is 64.7 Å². The molecule has 0 bridgehead atoms. The van der Waals surface area contributed by atoms with E-state index >= 15 is 0 Å². The van der Waals surface area contributed by atoms with Crippen molar-refractivity contribution in [2.24, 2.45) is 4.99 Å². The normalized spacial score (nSPS) is 15.5. The molecule has 0 saturated carbocycles. The second kappa shape index (κ2) is 9.27. The number of aryl methyl sites for hydroxylation is 1. The molecule has 1 aliphatic rings. The van der Waals surface area contributed by atoms with Gasteiger partial charge in [-0.1, -0.05) is 12.1 Å². The lowest BCUT2D eigenvalue weighted by atomic mass is 10.1. The maximum absolute atomic E-state index is 13.6. The zero-order valence-electron chi connectivity index (χ0n) is 19.2. The minimum atomic E-state index is -4.50. The number of likely N-dealkylation sites (N-methyl/N-ethyl adjacent to an activating group) is 1. The quantitative estimate of drug-likeness (QED) is 0.671. The Labute approximate surface area is 190 Å². The molecular formula is C24H27F3N4O2. The molecule has 1 aliphatic heterocycles. The lowest BCUT2D eigenvalue weighted by Gasteiger charge is -2.16. The van der Waals surface area contributed by atoms with E-state index in [0.29, 0.717) is 35.8 Å². The van der Waals surface area contributed by atoms with Gasteiger partial charge in [-0.3, -0.25) is 4.79 Å². The highest BCUT2D eigenvalue weighted by molar-refractivity contribution is 6.23. The molecule has 0 aliphatic carbocycles. The Balaban J connectivity index is 1.98. The van der Waals surface area contributed by atoms with Crippen molar-refractivity contribution >= 4 is 17.7 Å². The summed E-state index contributed by atoms with van der Waals surface area (Å²) in [6.45, 7) is 6.10. The van der Waals surface area contributed by atoms with Crippen molar-refractivity contribution in [1.82, 2.24) is 14.8 Å². The van der Waals surface area contributed by atoms with E-state index in [2.05, 4.69) is 10.3 Å². The average Bonchev–Trinajstić information content (AvgIpc) is 3.15. The Morgan fingerprint density at radius 3 is 2.52 bits per heavy atom. The minimum absolute atomic E-state index is 0.0245. The zero-order chi connectivity index (χ0) is 24.5. The molecule has 1 aromatic heterocycles. The molecule has 9 heteroatoms. The lowest BCUT2D eigenvalue weighted by molar-refractivity contribution is -0.137. The SMILES string of the molecule is CC1=N/C(=C/c2cc(C)n(-c3ccccc3C(F)(F)F)c2C)C(O)=C1C(=O)NCCN(C)C. The van der Waals surface area contributed by atoms with Crippen molar-refractivity contribution in [1.29, 1.82) is 0 Å². The third-order valence-corrected chi connectivity index (χ3v) is 5.41. The van der Waals surface area contributed by atoms with Gasteiger partial charge in [-0.25, -0.2) is 4.99 Å². The topological polar surface area (TPSA) is 69.9 Å². The summed E-state index contributed by atoms with van der Waals surface area (Å²) in [4.78, 5) is 18.8. The van der Waals surface area contributed by atoms with Crippen molar-refractivity contribution in [2.75, 3.05) is 27.2 Å². The van der Waals surface area contributed by atoms with Crippen LogP contribution in [0, 0.1) is 13.8 Å². The van der Waals surface area contributed by atoms with E-state index < -0.39 is 17.6 Å². The predicted octanol–water partition coefficient (Wildman–Crippen LogP) is 4.42. The van der Waals surface area contributed by atoms with Gasteiger partial charge in [0, 0.05) is 24.5 Å². The first-order valence-corrected chi connectivity index (χ1v) is 10.4. The summed E-state index contributed by atoms with van der Waals surface area (Å²) in [5.41, 5.74) is 1.69. The summed E-state index contributed by atoms with van der Waals surface area (Å²) in [5.74, 6) is -0.682. The van der Waals surface area contributed by atoms with Gasteiger partial charge in [-0.2, -0.15) is 13.2 Å². The molecule has 6 nitrogen and oxygen atoms in total. The average molecular weight is 461 g/mol. The van der Waals surface area contributed by atoms with Crippen LogP contribution >= 0.6 is 0 Å². The number of alkyl halides is 3. The van der Waals surface area contributed by atoms with E-state index in [1.54, 1.807) is 39.0 Å². The molecule has 1 aromatic carbocycles. The Bertz CT molecular complexity index is 1170. The number of hydrogen-bond acceptors (Lipinski definition) is 4. The van der Waals surface area contributed by atoms with Gasteiger partial charge in [0.2, 0.25) is 0 Å². The van der Waals surface area contributed by atoms with E-state index in [9.17, 15) is 23.1 Å². The number of aliphatic hydroxyl groups excluding tert-OH is 1. The second-order valence-corrected chi connectivity index (χ2v) is 8.19. The predicted molar refractivity (Wildman–Crippen MR) is 123 cm³/mol. The molecule has 1 amide bonds. The van der Waals surface area contributed by atoms with Crippen molar-refractivity contribution < 1.29 is 23.1 Å². The van der Waals surface area contributed by atoms with Crippen molar-refractivity contribution in [2.45, 2.75) is 26.9 Å². The first kappa shape index (κ1) is 24.3. The highest BCUT2D eigenvalue weighted by Crippen LogP contribution is 2.36. The van der Waals surface area contributed by atoms with Crippen molar-refractivity contribution in [3.63, 3.8) is 0 Å². The second-order valence-electron chi connectivity index (χ2n) is 8.19. The molecular weight excluding hydrogens is 433 g/mol. The zero-order valence-corrected chi connectivity index (χ0v) is 19.2. The molecule has 0 atom stereocenters. The van der Waals surface area contributed by atoms with Crippen LogP contribution < -0.4 is 5.32 Å². The third kappa shape index (κ3) is 5.03. The number of carbonyl (C=O) groups is 1. The van der Waals surface area contributed by atoms with Gasteiger partial charge < -0.3 is 19.9 Å². The number of aromatic nitrogens is 1. The fourth-order valence-corrected chi connectivity index (χ4v) is 3.80. The molecule has 0 radical (unpaired) electrons. The summed E-state index contributed by atoms with van der Waals surface area (Å²) < 4.78 is 42.2. The van der Waals surface area contributed by atoms with Gasteiger partial charge in [0.1, 0.15) is 11.3 Å². The number of para-hydroxylation sites is 1. The summed E-state index contributed by atoms with van der Waals surface area (Å²) in [7, 11) is 3.77. The molecule has 0 fully saturated rings. The van der Waals surface area contributed by atoms with E-state index in [4.69, 9.17) is 0 Å². The molecule has 0 spiro atoms. The first-order valence-electron chi connectivity index (χ1n) is 10.4. The number of benzene rings is 1. The number of hydrogen-bond donors (Lipinski definition) is 2. The van der Waals surface area contributed by atoms with Crippen molar-refractivity contribution in [3.8, 4) is 5.69 Å². The summed E-state index contributed by atoms with van der Waals surface area (Å²) in [6, 6.07) is 7.11. The van der Waals surface area contributed by atoms with Crippen molar-refractivity contribution in [3.05, 3.63) is 69.9 Å². The lowest BCUT2D eigenvalue weighted by Crippen LogP contribution is -2.33. The smallest absolute Gasteiger partial charge is 0.418 e. The van der Waals surface area contributed by atoms with Crippen LogP contribution in [0.25, 0.3) is 11.8 Å². The number of nitrogens with one attached hydrogen (secondary N) is 1. The Morgan fingerprint density at radius 2 is 1.88 bits per heavy atom. The summed E-state index contributed by atoms with van der Waals surface area (Å²) in [5, 5.41) is 13.4. The molecule has 2 heterocycles. The highest BCUT2D eigenvalue weighted by Gasteiger charge is 2.34. The van der Waals surface area contributed by atoms with E-state index in [-0.39, 0.29) is 22.7 Å². The van der Waals surface area contributed by atoms with E-state index in [0.717, 1.165) is 6.07 Å². The summed E-state index contributed by atoms with van der Waals surface area (Å²) >= 11 is 0. The van der Waals surface area contributed by atoms with Crippen LogP contribution in [0.4, 0.5) is 13.2 Å². The third-order valence-electron chi connectivity index (χ3n) is 5.41. The van der Waals surface area contributed by atoms with E-state index in [1.165, 1.54) is 16.7 Å². The number of aliphatic imine (C=N–C) groups is 1. The maximum Gasteiger partial charge on any atom is 0.418 e.